The molecule has 0 saturated heterocycles. The van der Waals surface area contributed by atoms with Crippen molar-refractivity contribution in [3.8, 4) is 0 Å². The van der Waals surface area contributed by atoms with E-state index in [0.717, 1.165) is 36.6 Å². The van der Waals surface area contributed by atoms with Crippen molar-refractivity contribution in [2.45, 2.75) is 33.2 Å². The maximum Gasteiger partial charge on any atom is 0.227 e. The molecule has 7 heteroatoms. The monoisotopic (exact) mass is 514 g/mol. The van der Waals surface area contributed by atoms with Crippen molar-refractivity contribution in [1.29, 1.82) is 0 Å². The first-order chi connectivity index (χ1) is 13.0. The van der Waals surface area contributed by atoms with Gasteiger partial charge in [-0.15, -0.1) is 35.3 Å². The second-order valence-electron chi connectivity index (χ2n) is 6.65. The standard InChI is InChI=1S/C21H30N4OS.HI/c1-5-16(2)20(26)24-18-9-6-8-17(14-18)15-23-21(22-3)25(4)12-11-19-10-7-13-27-19;/h6-10,13-14,16H,5,11-12,15H2,1-4H3,(H,22,23)(H,24,26);1H. The molecule has 5 nitrogen and oxygen atoms in total. The maximum atomic E-state index is 12.1. The predicted molar refractivity (Wildman–Crippen MR) is 131 cm³/mol. The Balaban J connectivity index is 0.00000392. The van der Waals surface area contributed by atoms with Crippen molar-refractivity contribution in [2.24, 2.45) is 10.9 Å². The highest BCUT2D eigenvalue weighted by atomic mass is 127. The summed E-state index contributed by atoms with van der Waals surface area (Å²) in [5.41, 5.74) is 1.94. The lowest BCUT2D eigenvalue weighted by Crippen LogP contribution is -2.39. The van der Waals surface area contributed by atoms with Gasteiger partial charge < -0.3 is 15.5 Å². The van der Waals surface area contributed by atoms with Crippen molar-refractivity contribution in [3.63, 3.8) is 0 Å². The second kappa shape index (κ2) is 12.8. The van der Waals surface area contributed by atoms with E-state index in [1.165, 1.54) is 4.88 Å². The summed E-state index contributed by atoms with van der Waals surface area (Å²) in [4.78, 5) is 20.0. The minimum Gasteiger partial charge on any atom is -0.352 e. The van der Waals surface area contributed by atoms with E-state index in [2.05, 4.69) is 38.0 Å². The summed E-state index contributed by atoms with van der Waals surface area (Å²) >= 11 is 1.78. The minimum absolute atomic E-state index is 0. The molecule has 0 aliphatic heterocycles. The number of anilines is 1. The number of carbonyl (C=O) groups is 1. The van der Waals surface area contributed by atoms with E-state index in [0.29, 0.717) is 6.54 Å². The molecule has 0 radical (unpaired) electrons. The Kier molecular flexibility index (Phi) is 11.1. The third kappa shape index (κ3) is 7.79. The lowest BCUT2D eigenvalue weighted by Gasteiger charge is -2.22. The number of aliphatic imine (C=N–C) groups is 1. The maximum absolute atomic E-state index is 12.1. The topological polar surface area (TPSA) is 56.7 Å². The SMILES string of the molecule is CCC(C)C(=O)Nc1cccc(CNC(=NC)N(C)CCc2cccs2)c1.I. The minimum atomic E-state index is 0. The van der Waals surface area contributed by atoms with Crippen LogP contribution in [0.5, 0.6) is 0 Å². The van der Waals surface area contributed by atoms with Crippen LogP contribution >= 0.6 is 35.3 Å². The molecule has 154 valence electrons. The van der Waals surface area contributed by atoms with Crippen LogP contribution in [0.25, 0.3) is 0 Å². The molecule has 0 fully saturated rings. The van der Waals surface area contributed by atoms with Gasteiger partial charge in [0.05, 0.1) is 0 Å². The number of benzene rings is 1. The second-order valence-corrected chi connectivity index (χ2v) is 7.68. The number of thiophene rings is 1. The Hall–Kier alpha value is -1.61. The third-order valence-corrected chi connectivity index (χ3v) is 5.49. The van der Waals surface area contributed by atoms with Crippen LogP contribution in [0.15, 0.2) is 46.8 Å². The Morgan fingerprint density at radius 3 is 2.71 bits per heavy atom. The number of guanidine groups is 1. The van der Waals surface area contributed by atoms with Gasteiger partial charge in [0.1, 0.15) is 0 Å². The van der Waals surface area contributed by atoms with E-state index in [9.17, 15) is 4.79 Å². The zero-order valence-corrected chi connectivity index (χ0v) is 20.2. The molecular formula is C21H31IN4OS. The zero-order chi connectivity index (χ0) is 19.6. The van der Waals surface area contributed by atoms with Crippen LogP contribution in [0.4, 0.5) is 5.69 Å². The van der Waals surface area contributed by atoms with Crippen LogP contribution in [0.2, 0.25) is 0 Å². The molecule has 28 heavy (non-hydrogen) atoms. The summed E-state index contributed by atoms with van der Waals surface area (Å²) < 4.78 is 0. The number of amides is 1. The van der Waals surface area contributed by atoms with E-state index in [4.69, 9.17) is 0 Å². The van der Waals surface area contributed by atoms with Crippen LogP contribution in [-0.4, -0.2) is 37.4 Å². The molecule has 2 rings (SSSR count). The van der Waals surface area contributed by atoms with Gasteiger partial charge in [-0.25, -0.2) is 0 Å². The Labute approximate surface area is 189 Å². The van der Waals surface area contributed by atoms with Gasteiger partial charge in [-0.05, 0) is 42.0 Å². The number of hydrogen-bond donors (Lipinski definition) is 2. The highest BCUT2D eigenvalue weighted by Crippen LogP contribution is 2.13. The average molecular weight is 514 g/mol. The molecule has 0 saturated carbocycles. The summed E-state index contributed by atoms with van der Waals surface area (Å²) in [6, 6.07) is 12.2. The summed E-state index contributed by atoms with van der Waals surface area (Å²) in [6.07, 6.45) is 1.84. The van der Waals surface area contributed by atoms with Crippen LogP contribution < -0.4 is 10.6 Å². The van der Waals surface area contributed by atoms with Gasteiger partial charge in [0.25, 0.3) is 0 Å². The molecule has 2 aromatic rings. The van der Waals surface area contributed by atoms with Crippen molar-refractivity contribution in [2.75, 3.05) is 26.0 Å². The van der Waals surface area contributed by atoms with Crippen molar-refractivity contribution >= 4 is 52.9 Å². The lowest BCUT2D eigenvalue weighted by atomic mass is 10.1. The number of hydrogen-bond acceptors (Lipinski definition) is 3. The fourth-order valence-electron chi connectivity index (χ4n) is 2.61. The molecule has 1 heterocycles. The predicted octanol–water partition coefficient (Wildman–Crippen LogP) is 4.60. The first kappa shape index (κ1) is 24.4. The molecule has 0 spiro atoms. The Morgan fingerprint density at radius 1 is 1.29 bits per heavy atom. The number of rotatable bonds is 8. The fourth-order valence-corrected chi connectivity index (χ4v) is 3.31. The fraction of sp³-hybridized carbons (Fsp3) is 0.429. The number of nitrogens with one attached hydrogen (secondary N) is 2. The quantitative estimate of drug-likeness (QED) is 0.308. The average Bonchev–Trinajstić information content (AvgIpc) is 3.20. The van der Waals surface area contributed by atoms with Gasteiger partial charge in [0, 0.05) is 43.7 Å². The Morgan fingerprint density at radius 2 is 2.07 bits per heavy atom. The summed E-state index contributed by atoms with van der Waals surface area (Å²) in [7, 11) is 3.85. The van der Waals surface area contributed by atoms with E-state index < -0.39 is 0 Å². The van der Waals surface area contributed by atoms with Gasteiger partial charge in [0.2, 0.25) is 5.91 Å². The van der Waals surface area contributed by atoms with Crippen LogP contribution in [0, 0.1) is 5.92 Å². The third-order valence-electron chi connectivity index (χ3n) is 4.55. The zero-order valence-electron chi connectivity index (χ0n) is 17.1. The molecule has 2 N–H and O–H groups in total. The van der Waals surface area contributed by atoms with Crippen molar-refractivity contribution in [3.05, 3.63) is 52.2 Å². The molecule has 1 amide bonds. The van der Waals surface area contributed by atoms with Crippen molar-refractivity contribution in [1.82, 2.24) is 10.2 Å². The number of carbonyl (C=O) groups excluding carboxylic acids is 1. The number of nitrogens with zero attached hydrogens (tertiary/aromatic N) is 2. The van der Waals surface area contributed by atoms with Crippen LogP contribution in [-0.2, 0) is 17.8 Å². The molecule has 0 aliphatic carbocycles. The van der Waals surface area contributed by atoms with Crippen LogP contribution in [0.1, 0.15) is 30.7 Å². The highest BCUT2D eigenvalue weighted by molar-refractivity contribution is 14.0. The van der Waals surface area contributed by atoms with E-state index >= 15 is 0 Å². The van der Waals surface area contributed by atoms with Gasteiger partial charge in [-0.3, -0.25) is 9.79 Å². The molecule has 0 bridgehead atoms. The summed E-state index contributed by atoms with van der Waals surface area (Å²) in [5.74, 6) is 0.940. The van der Waals surface area contributed by atoms with Gasteiger partial charge in [-0.1, -0.05) is 32.0 Å². The molecule has 1 atom stereocenters. The molecule has 0 aliphatic rings. The van der Waals surface area contributed by atoms with Crippen molar-refractivity contribution < 1.29 is 4.79 Å². The first-order valence-corrected chi connectivity index (χ1v) is 10.3. The van der Waals surface area contributed by atoms with Gasteiger partial charge in [0.15, 0.2) is 5.96 Å². The normalized spacial score (nSPS) is 12.1. The van der Waals surface area contributed by atoms with Gasteiger partial charge >= 0.3 is 0 Å². The largest absolute Gasteiger partial charge is 0.352 e. The lowest BCUT2D eigenvalue weighted by molar-refractivity contribution is -0.119. The number of likely N-dealkylation sites (N-methyl/N-ethyl adjacent to an activating group) is 1. The molecular weight excluding hydrogens is 483 g/mol. The number of halogens is 1. The summed E-state index contributed by atoms with van der Waals surface area (Å²) in [5, 5.41) is 8.49. The highest BCUT2D eigenvalue weighted by Gasteiger charge is 2.11. The van der Waals surface area contributed by atoms with E-state index in [1.54, 1.807) is 18.4 Å². The van der Waals surface area contributed by atoms with E-state index in [-0.39, 0.29) is 35.8 Å². The molecule has 1 aromatic heterocycles. The Bertz CT molecular complexity index is 749. The molecule has 1 unspecified atom stereocenters. The van der Waals surface area contributed by atoms with Crippen LogP contribution in [0.3, 0.4) is 0 Å². The smallest absolute Gasteiger partial charge is 0.227 e. The first-order valence-electron chi connectivity index (χ1n) is 9.37. The summed E-state index contributed by atoms with van der Waals surface area (Å²) in [6.45, 7) is 5.52. The molecule has 1 aromatic carbocycles. The van der Waals surface area contributed by atoms with E-state index in [1.807, 2.05) is 45.2 Å². The van der Waals surface area contributed by atoms with Gasteiger partial charge in [-0.2, -0.15) is 0 Å².